The Morgan fingerprint density at radius 2 is 1.62 bits per heavy atom. The van der Waals surface area contributed by atoms with Gasteiger partial charge in [-0.1, -0.05) is 54.1 Å². The van der Waals surface area contributed by atoms with Gasteiger partial charge in [0.05, 0.1) is 11.9 Å². The number of nitrogens with zero attached hydrogens (tertiary/aromatic N) is 2. The molecule has 208 valence electrons. The summed E-state index contributed by atoms with van der Waals surface area (Å²) < 4.78 is 52.9. The normalized spacial score (nSPS) is 12.0. The van der Waals surface area contributed by atoms with Crippen LogP contribution in [0.25, 0.3) is 0 Å². The van der Waals surface area contributed by atoms with Crippen molar-refractivity contribution in [2.75, 3.05) is 24.2 Å². The van der Waals surface area contributed by atoms with E-state index in [4.69, 9.17) is 11.6 Å². The maximum Gasteiger partial charge on any atom is 0.242 e. The minimum absolute atomic E-state index is 0.0471. The quantitative estimate of drug-likeness (QED) is 0.342. The van der Waals surface area contributed by atoms with E-state index in [-0.39, 0.29) is 49.9 Å². The van der Waals surface area contributed by atoms with Crippen LogP contribution in [0.4, 0.5) is 14.5 Å². The van der Waals surface area contributed by atoms with Gasteiger partial charge in [-0.3, -0.25) is 13.9 Å². The molecule has 0 radical (unpaired) electrons. The van der Waals surface area contributed by atoms with Crippen LogP contribution in [0, 0.1) is 11.6 Å². The van der Waals surface area contributed by atoms with Gasteiger partial charge in [0.15, 0.2) is 11.6 Å². The molecule has 7 nitrogen and oxygen atoms in total. The van der Waals surface area contributed by atoms with Gasteiger partial charge in [-0.15, -0.1) is 0 Å². The standard InChI is InChI=1S/C28H30ClF2N3O4S/c1-32-28(36)26(17-20-7-4-3-5-8-20)33(19-21-10-12-22(29)13-11-21)27(35)9-6-16-34(39(2,37)38)23-14-15-24(30)25(31)18-23/h3-5,7-8,10-15,18,26H,6,9,16-17,19H2,1-2H3,(H,32,36)/t26-/m1/s1. The number of halogens is 3. The van der Waals surface area contributed by atoms with Crippen molar-refractivity contribution in [3.63, 3.8) is 0 Å². The third-order valence-corrected chi connectivity index (χ3v) is 7.57. The number of hydrogen-bond donors (Lipinski definition) is 1. The summed E-state index contributed by atoms with van der Waals surface area (Å²) in [5.74, 6) is -2.99. The van der Waals surface area contributed by atoms with Crippen LogP contribution in [-0.2, 0) is 32.6 Å². The Morgan fingerprint density at radius 1 is 0.949 bits per heavy atom. The lowest BCUT2D eigenvalue weighted by atomic mass is 10.0. The molecule has 0 fully saturated rings. The van der Waals surface area contributed by atoms with Crippen LogP contribution in [0.2, 0.25) is 5.02 Å². The van der Waals surface area contributed by atoms with Crippen molar-refractivity contribution in [2.24, 2.45) is 0 Å². The van der Waals surface area contributed by atoms with Crippen molar-refractivity contribution in [1.82, 2.24) is 10.2 Å². The van der Waals surface area contributed by atoms with Gasteiger partial charge in [0, 0.05) is 44.1 Å². The summed E-state index contributed by atoms with van der Waals surface area (Å²) in [6.07, 6.45) is 1.20. The number of amides is 2. The Labute approximate surface area is 232 Å². The van der Waals surface area contributed by atoms with E-state index in [0.29, 0.717) is 5.02 Å². The molecule has 0 aliphatic rings. The highest BCUT2D eigenvalue weighted by molar-refractivity contribution is 7.92. The van der Waals surface area contributed by atoms with Crippen LogP contribution in [-0.4, -0.2) is 51.0 Å². The summed E-state index contributed by atoms with van der Waals surface area (Å²) >= 11 is 6.01. The fraction of sp³-hybridized carbons (Fsp3) is 0.286. The maximum atomic E-state index is 13.8. The molecule has 0 aromatic heterocycles. The van der Waals surface area contributed by atoms with Gasteiger partial charge < -0.3 is 10.2 Å². The fourth-order valence-electron chi connectivity index (χ4n) is 4.15. The molecule has 0 saturated heterocycles. The lowest BCUT2D eigenvalue weighted by Crippen LogP contribution is -2.49. The highest BCUT2D eigenvalue weighted by Crippen LogP contribution is 2.22. The number of hydrogen-bond acceptors (Lipinski definition) is 4. The molecular formula is C28H30ClF2N3O4S. The largest absolute Gasteiger partial charge is 0.357 e. The van der Waals surface area contributed by atoms with Crippen molar-refractivity contribution in [2.45, 2.75) is 31.8 Å². The zero-order valence-electron chi connectivity index (χ0n) is 21.6. The molecule has 3 aromatic rings. The number of nitrogens with one attached hydrogen (secondary N) is 1. The average molecular weight is 578 g/mol. The minimum Gasteiger partial charge on any atom is -0.357 e. The average Bonchev–Trinajstić information content (AvgIpc) is 2.90. The highest BCUT2D eigenvalue weighted by atomic mass is 35.5. The molecule has 2 amide bonds. The van der Waals surface area contributed by atoms with Crippen molar-refractivity contribution >= 4 is 39.1 Å². The van der Waals surface area contributed by atoms with Crippen LogP contribution in [0.15, 0.2) is 72.8 Å². The van der Waals surface area contributed by atoms with Crippen molar-refractivity contribution in [3.05, 3.63) is 101 Å². The van der Waals surface area contributed by atoms with E-state index in [1.807, 2.05) is 30.3 Å². The summed E-state index contributed by atoms with van der Waals surface area (Å²) in [5, 5.41) is 3.16. The smallest absolute Gasteiger partial charge is 0.242 e. The zero-order chi connectivity index (χ0) is 28.6. The van der Waals surface area contributed by atoms with E-state index in [1.165, 1.54) is 11.9 Å². The van der Waals surface area contributed by atoms with E-state index in [0.717, 1.165) is 39.9 Å². The van der Waals surface area contributed by atoms with E-state index in [9.17, 15) is 26.8 Å². The lowest BCUT2D eigenvalue weighted by molar-refractivity contribution is -0.141. The topological polar surface area (TPSA) is 86.8 Å². The van der Waals surface area contributed by atoms with Crippen molar-refractivity contribution < 1.29 is 26.8 Å². The van der Waals surface area contributed by atoms with E-state index < -0.39 is 27.7 Å². The van der Waals surface area contributed by atoms with Crippen LogP contribution >= 0.6 is 11.6 Å². The highest BCUT2D eigenvalue weighted by Gasteiger charge is 2.30. The van der Waals surface area contributed by atoms with Crippen molar-refractivity contribution in [3.8, 4) is 0 Å². The van der Waals surface area contributed by atoms with Crippen LogP contribution in [0.3, 0.4) is 0 Å². The maximum absolute atomic E-state index is 13.8. The first-order chi connectivity index (χ1) is 18.5. The summed E-state index contributed by atoms with van der Waals surface area (Å²) in [7, 11) is -2.35. The number of likely N-dealkylation sites (N-methyl/N-ethyl adjacent to an activating group) is 1. The second-order valence-electron chi connectivity index (χ2n) is 9.00. The predicted molar refractivity (Wildman–Crippen MR) is 148 cm³/mol. The van der Waals surface area contributed by atoms with Gasteiger partial charge in [0.1, 0.15) is 6.04 Å². The number of benzene rings is 3. The Hall–Kier alpha value is -3.50. The fourth-order valence-corrected chi connectivity index (χ4v) is 5.23. The van der Waals surface area contributed by atoms with Gasteiger partial charge in [-0.05, 0) is 41.8 Å². The molecule has 0 saturated carbocycles. The van der Waals surface area contributed by atoms with Crippen LogP contribution in [0.1, 0.15) is 24.0 Å². The predicted octanol–water partition coefficient (Wildman–Crippen LogP) is 4.55. The third-order valence-electron chi connectivity index (χ3n) is 6.13. The molecule has 0 heterocycles. The summed E-state index contributed by atoms with van der Waals surface area (Å²) in [4.78, 5) is 28.0. The number of carbonyl (C=O) groups excluding carboxylic acids is 2. The van der Waals surface area contributed by atoms with Crippen LogP contribution < -0.4 is 9.62 Å². The molecule has 0 aliphatic carbocycles. The molecule has 0 bridgehead atoms. The first kappa shape index (κ1) is 30.0. The molecule has 0 unspecified atom stereocenters. The SMILES string of the molecule is CNC(=O)[C@@H](Cc1ccccc1)N(Cc1ccc(Cl)cc1)C(=O)CCCN(c1ccc(F)c(F)c1)S(C)(=O)=O. The monoisotopic (exact) mass is 577 g/mol. The molecule has 39 heavy (non-hydrogen) atoms. The second-order valence-corrected chi connectivity index (χ2v) is 11.3. The molecular weight excluding hydrogens is 548 g/mol. The lowest BCUT2D eigenvalue weighted by Gasteiger charge is -2.31. The number of sulfonamides is 1. The van der Waals surface area contributed by atoms with E-state index in [2.05, 4.69) is 5.32 Å². The van der Waals surface area contributed by atoms with E-state index in [1.54, 1.807) is 24.3 Å². The molecule has 3 rings (SSSR count). The van der Waals surface area contributed by atoms with Gasteiger partial charge in [0.25, 0.3) is 0 Å². The second kappa shape index (κ2) is 13.5. The van der Waals surface area contributed by atoms with Gasteiger partial charge >= 0.3 is 0 Å². The Balaban J connectivity index is 1.84. The molecule has 1 N–H and O–H groups in total. The summed E-state index contributed by atoms with van der Waals surface area (Å²) in [5.41, 5.74) is 1.57. The number of anilines is 1. The molecule has 11 heteroatoms. The number of carbonyl (C=O) groups is 2. The van der Waals surface area contributed by atoms with Gasteiger partial charge in [-0.2, -0.15) is 0 Å². The minimum atomic E-state index is -3.85. The molecule has 0 aliphatic heterocycles. The first-order valence-electron chi connectivity index (χ1n) is 12.2. The Kier molecular flexibility index (Phi) is 10.4. The Morgan fingerprint density at radius 3 is 2.21 bits per heavy atom. The van der Waals surface area contributed by atoms with E-state index >= 15 is 0 Å². The van der Waals surface area contributed by atoms with Crippen LogP contribution in [0.5, 0.6) is 0 Å². The molecule has 1 atom stereocenters. The third kappa shape index (κ3) is 8.49. The van der Waals surface area contributed by atoms with Gasteiger partial charge in [0.2, 0.25) is 21.8 Å². The summed E-state index contributed by atoms with van der Waals surface area (Å²) in [6.45, 7) is -0.0202. The van der Waals surface area contributed by atoms with Crippen molar-refractivity contribution in [1.29, 1.82) is 0 Å². The van der Waals surface area contributed by atoms with Gasteiger partial charge in [-0.25, -0.2) is 17.2 Å². The number of rotatable bonds is 12. The first-order valence-corrected chi connectivity index (χ1v) is 14.4. The summed E-state index contributed by atoms with van der Waals surface area (Å²) in [6, 6.07) is 18.2. The zero-order valence-corrected chi connectivity index (χ0v) is 23.2. The Bertz CT molecular complexity index is 1390. The molecule has 3 aromatic carbocycles. The molecule has 0 spiro atoms.